The summed E-state index contributed by atoms with van der Waals surface area (Å²) in [4.78, 5) is 0. The number of hydrogen-bond donors (Lipinski definition) is 1. The van der Waals surface area contributed by atoms with Gasteiger partial charge in [-0.1, -0.05) is 0 Å². The molecule has 2 atom stereocenters. The molecule has 0 aliphatic carbocycles. The molecule has 2 unspecified atom stereocenters. The highest BCUT2D eigenvalue weighted by atomic mass is 32.3. The molecule has 0 aromatic heterocycles. The lowest BCUT2D eigenvalue weighted by molar-refractivity contribution is -0.130. The molecule has 0 aliphatic heterocycles. The Morgan fingerprint density at radius 2 is 2.00 bits per heavy atom. The molecule has 0 aromatic rings. The standard InChI is InChI=1S/CH4O5S2/c1-7(3)6-8(4)5-2/h2H,1H3. The van der Waals surface area contributed by atoms with Crippen LogP contribution >= 0.6 is 0 Å². The van der Waals surface area contributed by atoms with E-state index in [4.69, 9.17) is 5.26 Å². The maximum atomic E-state index is 9.92. The van der Waals surface area contributed by atoms with E-state index in [1.165, 1.54) is 0 Å². The van der Waals surface area contributed by atoms with Gasteiger partial charge in [0, 0.05) is 6.26 Å². The van der Waals surface area contributed by atoms with Crippen LogP contribution in [0.1, 0.15) is 0 Å². The fourth-order valence-electron chi connectivity index (χ4n) is 0.0907. The van der Waals surface area contributed by atoms with Crippen molar-refractivity contribution in [2.45, 2.75) is 0 Å². The molecule has 50 valence electrons. The molecule has 0 fully saturated rings. The summed E-state index contributed by atoms with van der Waals surface area (Å²) in [6, 6.07) is 0. The molecular weight excluding hydrogens is 156 g/mol. The predicted molar refractivity (Wildman–Crippen MR) is 27.0 cm³/mol. The van der Waals surface area contributed by atoms with Crippen LogP contribution in [0, 0.1) is 0 Å². The van der Waals surface area contributed by atoms with Gasteiger partial charge in [0.05, 0.1) is 0 Å². The quantitative estimate of drug-likeness (QED) is 0.439. The lowest BCUT2D eigenvalue weighted by Gasteiger charge is -1.89. The molecule has 0 amide bonds. The summed E-state index contributed by atoms with van der Waals surface area (Å²) >= 11 is -3.98. The minimum Gasteiger partial charge on any atom is -0.235 e. The molecule has 8 heavy (non-hydrogen) atoms. The fourth-order valence-corrected chi connectivity index (χ4v) is 0.816. The first kappa shape index (κ1) is 8.18. The molecule has 1 N–H and O–H groups in total. The Hall–Kier alpha value is 0.180. The van der Waals surface area contributed by atoms with Gasteiger partial charge in [-0.25, -0.2) is 9.47 Å². The van der Waals surface area contributed by atoms with Crippen LogP contribution in [-0.4, -0.2) is 19.9 Å². The highest BCUT2D eigenvalue weighted by Crippen LogP contribution is 1.86. The van der Waals surface area contributed by atoms with Crippen LogP contribution in [0.25, 0.3) is 0 Å². The fraction of sp³-hybridized carbons (Fsp3) is 1.00. The molecule has 0 bridgehead atoms. The van der Waals surface area contributed by atoms with Crippen molar-refractivity contribution in [2.24, 2.45) is 0 Å². The van der Waals surface area contributed by atoms with Crippen molar-refractivity contribution in [3.8, 4) is 0 Å². The lowest BCUT2D eigenvalue weighted by Crippen LogP contribution is -2.00. The van der Waals surface area contributed by atoms with E-state index in [0.717, 1.165) is 6.26 Å². The van der Waals surface area contributed by atoms with Gasteiger partial charge in [-0.05, 0) is 0 Å². The van der Waals surface area contributed by atoms with Gasteiger partial charge in [-0.2, -0.15) is 7.84 Å². The lowest BCUT2D eigenvalue weighted by atomic mass is 12.0. The van der Waals surface area contributed by atoms with Crippen LogP contribution in [0.3, 0.4) is 0 Å². The van der Waals surface area contributed by atoms with Crippen LogP contribution < -0.4 is 0 Å². The molecule has 7 heteroatoms. The first-order valence-electron chi connectivity index (χ1n) is 1.42. The van der Waals surface area contributed by atoms with Gasteiger partial charge in [-0.15, -0.1) is 4.33 Å². The molecule has 0 heterocycles. The minimum atomic E-state index is -2.30. The monoisotopic (exact) mass is 160 g/mol. The predicted octanol–water partition coefficient (Wildman–Crippen LogP) is -0.635. The zero-order valence-corrected chi connectivity index (χ0v) is 5.53. The first-order valence-corrected chi connectivity index (χ1v) is 3.91. The third-order valence-corrected chi connectivity index (χ3v) is 1.54. The van der Waals surface area contributed by atoms with E-state index in [0.29, 0.717) is 0 Å². The Morgan fingerprint density at radius 3 is 2.12 bits per heavy atom. The Labute approximate surface area is 51.1 Å². The van der Waals surface area contributed by atoms with E-state index in [1.54, 1.807) is 0 Å². The molecule has 0 saturated heterocycles. The van der Waals surface area contributed by atoms with E-state index < -0.39 is 22.4 Å². The van der Waals surface area contributed by atoms with E-state index in [-0.39, 0.29) is 0 Å². The zero-order chi connectivity index (χ0) is 6.57. The maximum absolute atomic E-state index is 9.92. The van der Waals surface area contributed by atoms with Gasteiger partial charge in [0.2, 0.25) is 0 Å². The van der Waals surface area contributed by atoms with Crippen molar-refractivity contribution in [3.05, 3.63) is 0 Å². The Bertz CT molecular complexity index is 109. The van der Waals surface area contributed by atoms with E-state index >= 15 is 0 Å². The highest BCUT2D eigenvalue weighted by Gasteiger charge is 2.00. The second kappa shape index (κ2) is 4.10. The van der Waals surface area contributed by atoms with Crippen LogP contribution in [0.15, 0.2) is 0 Å². The molecule has 0 aromatic carbocycles. The van der Waals surface area contributed by atoms with Crippen molar-refractivity contribution < 1.29 is 21.6 Å². The average molecular weight is 160 g/mol. The second-order valence-corrected chi connectivity index (χ2v) is 2.65. The summed E-state index contributed by atoms with van der Waals surface area (Å²) in [5, 5.41) is 7.52. The van der Waals surface area contributed by atoms with E-state index in [9.17, 15) is 8.42 Å². The molecular formula is CH4O5S2. The average Bonchev–Trinajstić information content (AvgIpc) is 1.65. The van der Waals surface area contributed by atoms with Crippen molar-refractivity contribution >= 4 is 22.4 Å². The van der Waals surface area contributed by atoms with E-state index in [2.05, 4.69) is 7.96 Å². The van der Waals surface area contributed by atoms with Gasteiger partial charge in [0.15, 0.2) is 11.1 Å². The topological polar surface area (TPSA) is 72.8 Å². The zero-order valence-electron chi connectivity index (χ0n) is 3.90. The summed E-state index contributed by atoms with van der Waals surface area (Å²) < 4.78 is 26.8. The number of rotatable bonds is 3. The van der Waals surface area contributed by atoms with Crippen molar-refractivity contribution in [3.63, 3.8) is 0 Å². The molecule has 5 nitrogen and oxygen atoms in total. The summed E-state index contributed by atoms with van der Waals surface area (Å²) in [5.41, 5.74) is 0. The second-order valence-electron chi connectivity index (χ2n) is 0.748. The summed E-state index contributed by atoms with van der Waals surface area (Å²) in [6.07, 6.45) is 1.15. The van der Waals surface area contributed by atoms with Crippen molar-refractivity contribution in [2.75, 3.05) is 6.26 Å². The minimum absolute atomic E-state index is 1.15. The van der Waals surface area contributed by atoms with Crippen LogP contribution in [0.2, 0.25) is 0 Å². The summed E-state index contributed by atoms with van der Waals surface area (Å²) in [6.45, 7) is 0. The molecule has 0 saturated carbocycles. The number of hydrogen-bond acceptors (Lipinski definition) is 5. The Balaban J connectivity index is 3.40. The molecule has 0 rings (SSSR count). The van der Waals surface area contributed by atoms with Crippen molar-refractivity contribution in [1.82, 2.24) is 0 Å². The van der Waals surface area contributed by atoms with Gasteiger partial charge in [0.1, 0.15) is 0 Å². The normalized spacial score (nSPS) is 17.8. The van der Waals surface area contributed by atoms with Gasteiger partial charge < -0.3 is 0 Å². The van der Waals surface area contributed by atoms with E-state index in [1.807, 2.05) is 0 Å². The summed E-state index contributed by atoms with van der Waals surface area (Å²) in [5.74, 6) is 0. The largest absolute Gasteiger partial charge is 0.347 e. The Morgan fingerprint density at radius 1 is 1.50 bits per heavy atom. The van der Waals surface area contributed by atoms with Gasteiger partial charge in [0.25, 0.3) is 0 Å². The molecule has 0 aliphatic rings. The third kappa shape index (κ3) is 4.34. The van der Waals surface area contributed by atoms with Gasteiger partial charge >= 0.3 is 11.4 Å². The van der Waals surface area contributed by atoms with Crippen molar-refractivity contribution in [1.29, 1.82) is 0 Å². The molecule has 0 radical (unpaired) electrons. The van der Waals surface area contributed by atoms with Crippen LogP contribution in [0.4, 0.5) is 0 Å². The third-order valence-electron chi connectivity index (χ3n) is 0.212. The maximum Gasteiger partial charge on any atom is 0.347 e. The molecule has 0 spiro atoms. The van der Waals surface area contributed by atoms with Crippen LogP contribution in [-0.2, 0) is 30.4 Å². The highest BCUT2D eigenvalue weighted by molar-refractivity contribution is 7.90. The first-order chi connectivity index (χ1) is 3.66. The summed E-state index contributed by atoms with van der Waals surface area (Å²) in [7, 11) is 0. The Kier molecular flexibility index (Phi) is 4.19. The SMILES string of the molecule is CS(=O)OS(=O)OO. The smallest absolute Gasteiger partial charge is 0.235 e. The van der Waals surface area contributed by atoms with Gasteiger partial charge in [-0.3, -0.25) is 0 Å². The van der Waals surface area contributed by atoms with Crippen LogP contribution in [0.5, 0.6) is 0 Å².